The van der Waals surface area contributed by atoms with Gasteiger partial charge >= 0.3 is 6.03 Å². The first-order valence-electron chi connectivity index (χ1n) is 7.99. The number of aryl methyl sites for hydroxylation is 1. The molecule has 4 rings (SSSR count). The van der Waals surface area contributed by atoms with Crippen molar-refractivity contribution in [2.45, 2.75) is 25.7 Å². The molecule has 1 saturated heterocycles. The topological polar surface area (TPSA) is 86.8 Å². The number of rotatable bonds is 2. The van der Waals surface area contributed by atoms with Crippen LogP contribution in [0.1, 0.15) is 30.1 Å². The zero-order valence-electron chi connectivity index (χ0n) is 13.3. The summed E-state index contributed by atoms with van der Waals surface area (Å²) >= 11 is 1.18. The van der Waals surface area contributed by atoms with Gasteiger partial charge in [0.2, 0.25) is 0 Å². The Bertz CT molecular complexity index is 859. The SMILES string of the molecule is Cc1cccc2[nH]c([C@H]3CCCN(C(=O)Nc4cnns4)C3)nc12. The first-order chi connectivity index (χ1) is 11.7. The zero-order chi connectivity index (χ0) is 16.5. The molecule has 3 aromatic rings. The number of hydrogen-bond donors (Lipinski definition) is 2. The Labute approximate surface area is 143 Å². The fourth-order valence-corrected chi connectivity index (χ4v) is 3.59. The molecule has 0 spiro atoms. The lowest BCUT2D eigenvalue weighted by Gasteiger charge is -2.31. The summed E-state index contributed by atoms with van der Waals surface area (Å²) in [5.41, 5.74) is 3.24. The summed E-state index contributed by atoms with van der Waals surface area (Å²) in [4.78, 5) is 22.4. The molecule has 2 N–H and O–H groups in total. The first-order valence-corrected chi connectivity index (χ1v) is 8.76. The molecule has 0 radical (unpaired) electrons. The van der Waals surface area contributed by atoms with E-state index in [-0.39, 0.29) is 11.9 Å². The second-order valence-electron chi connectivity index (χ2n) is 6.09. The number of carbonyl (C=O) groups excluding carboxylic acids is 1. The summed E-state index contributed by atoms with van der Waals surface area (Å²) in [5, 5.41) is 7.25. The Hall–Kier alpha value is -2.48. The standard InChI is InChI=1S/C16H18N6OS/c1-10-4-2-6-12-14(10)20-15(18-12)11-5-3-7-22(9-11)16(23)19-13-8-17-21-24-13/h2,4,6,8,11H,3,5,7,9H2,1H3,(H,18,20)(H,19,23)/t11-/m0/s1. The highest BCUT2D eigenvalue weighted by atomic mass is 32.1. The number of likely N-dealkylation sites (tertiary alicyclic amines) is 1. The first kappa shape index (κ1) is 15.1. The molecule has 1 aliphatic rings. The lowest BCUT2D eigenvalue weighted by atomic mass is 9.97. The molecule has 0 unspecified atom stereocenters. The van der Waals surface area contributed by atoms with Crippen LogP contribution in [0.15, 0.2) is 24.4 Å². The molecule has 1 aromatic carbocycles. The lowest BCUT2D eigenvalue weighted by Crippen LogP contribution is -2.41. The van der Waals surface area contributed by atoms with E-state index in [1.54, 1.807) is 6.20 Å². The highest BCUT2D eigenvalue weighted by molar-refractivity contribution is 7.10. The zero-order valence-corrected chi connectivity index (χ0v) is 14.1. The largest absolute Gasteiger partial charge is 0.342 e. The van der Waals surface area contributed by atoms with E-state index in [1.807, 2.05) is 17.0 Å². The van der Waals surface area contributed by atoms with E-state index in [0.29, 0.717) is 11.5 Å². The predicted octanol–water partition coefficient (Wildman–Crippen LogP) is 3.13. The molecule has 1 aliphatic heterocycles. The van der Waals surface area contributed by atoms with Gasteiger partial charge in [0.05, 0.1) is 17.2 Å². The Morgan fingerprint density at radius 2 is 2.38 bits per heavy atom. The minimum absolute atomic E-state index is 0.0990. The number of carbonyl (C=O) groups is 1. The highest BCUT2D eigenvalue weighted by Crippen LogP contribution is 2.28. The molecule has 0 aliphatic carbocycles. The van der Waals surface area contributed by atoms with Crippen LogP contribution in [0.4, 0.5) is 9.80 Å². The molecular formula is C16H18N6OS. The number of fused-ring (bicyclic) bond motifs is 1. The number of benzene rings is 1. The predicted molar refractivity (Wildman–Crippen MR) is 93.3 cm³/mol. The van der Waals surface area contributed by atoms with Gasteiger partial charge < -0.3 is 9.88 Å². The highest BCUT2D eigenvalue weighted by Gasteiger charge is 2.27. The molecule has 0 bridgehead atoms. The number of imidazole rings is 1. The summed E-state index contributed by atoms with van der Waals surface area (Å²) in [6.07, 6.45) is 3.56. The third-order valence-electron chi connectivity index (χ3n) is 4.42. The van der Waals surface area contributed by atoms with Crippen molar-refractivity contribution in [3.05, 3.63) is 35.8 Å². The van der Waals surface area contributed by atoms with Crippen molar-refractivity contribution in [3.8, 4) is 0 Å². The average molecular weight is 342 g/mol. The summed E-state index contributed by atoms with van der Waals surface area (Å²) in [5.74, 6) is 1.20. The maximum Gasteiger partial charge on any atom is 0.322 e. The van der Waals surface area contributed by atoms with Crippen molar-refractivity contribution in [3.63, 3.8) is 0 Å². The number of H-pyrrole nitrogens is 1. The van der Waals surface area contributed by atoms with Crippen LogP contribution in [-0.2, 0) is 0 Å². The van der Waals surface area contributed by atoms with E-state index in [0.717, 1.165) is 41.8 Å². The Morgan fingerprint density at radius 3 is 3.17 bits per heavy atom. The average Bonchev–Trinajstić information content (AvgIpc) is 3.25. The number of nitrogens with zero attached hydrogens (tertiary/aromatic N) is 4. The van der Waals surface area contributed by atoms with Gasteiger partial charge in [0.15, 0.2) is 0 Å². The molecular weight excluding hydrogens is 324 g/mol. The summed E-state index contributed by atoms with van der Waals surface area (Å²) in [6, 6.07) is 6.04. The maximum atomic E-state index is 12.4. The Balaban J connectivity index is 1.51. The van der Waals surface area contributed by atoms with Gasteiger partial charge in [-0.3, -0.25) is 5.32 Å². The van der Waals surface area contributed by atoms with Gasteiger partial charge in [-0.05, 0) is 31.4 Å². The van der Waals surface area contributed by atoms with Crippen molar-refractivity contribution in [2.24, 2.45) is 0 Å². The normalized spacial score (nSPS) is 18.0. The van der Waals surface area contributed by atoms with Crippen LogP contribution >= 0.6 is 11.5 Å². The second-order valence-corrected chi connectivity index (χ2v) is 6.88. The molecule has 124 valence electrons. The summed E-state index contributed by atoms with van der Waals surface area (Å²) < 4.78 is 3.76. The number of urea groups is 1. The minimum Gasteiger partial charge on any atom is -0.342 e. The van der Waals surface area contributed by atoms with Crippen LogP contribution in [0.5, 0.6) is 0 Å². The third kappa shape index (κ3) is 2.84. The monoisotopic (exact) mass is 342 g/mol. The van der Waals surface area contributed by atoms with Crippen LogP contribution in [0.2, 0.25) is 0 Å². The van der Waals surface area contributed by atoms with Crippen molar-refractivity contribution < 1.29 is 4.79 Å². The molecule has 2 aromatic heterocycles. The van der Waals surface area contributed by atoms with Crippen molar-refractivity contribution in [2.75, 3.05) is 18.4 Å². The van der Waals surface area contributed by atoms with Crippen LogP contribution in [0.3, 0.4) is 0 Å². The van der Waals surface area contributed by atoms with E-state index in [2.05, 4.69) is 32.9 Å². The summed E-state index contributed by atoms with van der Waals surface area (Å²) in [7, 11) is 0. The van der Waals surface area contributed by atoms with Gasteiger partial charge in [-0.2, -0.15) is 0 Å². The lowest BCUT2D eigenvalue weighted by molar-refractivity contribution is 0.191. The van der Waals surface area contributed by atoms with E-state index in [9.17, 15) is 4.79 Å². The number of amides is 2. The fourth-order valence-electron chi connectivity index (χ4n) is 3.18. The maximum absolute atomic E-state index is 12.4. The number of piperidine rings is 1. The van der Waals surface area contributed by atoms with Crippen LogP contribution in [-0.4, -0.2) is 43.6 Å². The molecule has 7 nitrogen and oxygen atoms in total. The molecule has 0 saturated carbocycles. The van der Waals surface area contributed by atoms with Gasteiger partial charge in [0.1, 0.15) is 10.8 Å². The van der Waals surface area contributed by atoms with Crippen molar-refractivity contribution in [1.82, 2.24) is 24.5 Å². The van der Waals surface area contributed by atoms with Gasteiger partial charge in [-0.1, -0.05) is 16.6 Å². The van der Waals surface area contributed by atoms with Gasteiger partial charge in [0, 0.05) is 30.5 Å². The van der Waals surface area contributed by atoms with Crippen molar-refractivity contribution in [1.29, 1.82) is 0 Å². The van der Waals surface area contributed by atoms with Gasteiger partial charge in [-0.25, -0.2) is 9.78 Å². The number of anilines is 1. The molecule has 1 atom stereocenters. The second kappa shape index (κ2) is 6.20. The smallest absolute Gasteiger partial charge is 0.322 e. The molecule has 3 heterocycles. The number of aromatic amines is 1. The number of para-hydroxylation sites is 1. The van der Waals surface area contributed by atoms with Crippen molar-refractivity contribution >= 4 is 33.6 Å². The minimum atomic E-state index is -0.0990. The molecule has 24 heavy (non-hydrogen) atoms. The Kier molecular flexibility index (Phi) is 3.89. The van der Waals surface area contributed by atoms with E-state index >= 15 is 0 Å². The third-order valence-corrected chi connectivity index (χ3v) is 5.00. The fraction of sp³-hybridized carbons (Fsp3) is 0.375. The molecule has 1 fully saturated rings. The number of nitrogens with one attached hydrogen (secondary N) is 2. The molecule has 8 heteroatoms. The van der Waals surface area contributed by atoms with Crippen LogP contribution in [0, 0.1) is 6.92 Å². The van der Waals surface area contributed by atoms with E-state index in [4.69, 9.17) is 4.98 Å². The number of aromatic nitrogens is 4. The van der Waals surface area contributed by atoms with Crippen LogP contribution < -0.4 is 5.32 Å². The van der Waals surface area contributed by atoms with Gasteiger partial charge in [-0.15, -0.1) is 5.10 Å². The van der Waals surface area contributed by atoms with Crippen LogP contribution in [0.25, 0.3) is 11.0 Å². The Morgan fingerprint density at radius 1 is 1.46 bits per heavy atom. The van der Waals surface area contributed by atoms with Gasteiger partial charge in [0.25, 0.3) is 0 Å². The summed E-state index contributed by atoms with van der Waals surface area (Å²) in [6.45, 7) is 3.49. The van der Waals surface area contributed by atoms with E-state index in [1.165, 1.54) is 11.5 Å². The molecule has 2 amide bonds. The number of hydrogen-bond acceptors (Lipinski definition) is 5. The van der Waals surface area contributed by atoms with E-state index < -0.39 is 0 Å². The quantitative estimate of drug-likeness (QED) is 0.749.